The van der Waals surface area contributed by atoms with Crippen LogP contribution in [-0.2, 0) is 4.74 Å². The molecule has 0 aromatic heterocycles. The van der Waals surface area contributed by atoms with Crippen molar-refractivity contribution in [2.45, 2.75) is 25.4 Å². The summed E-state index contributed by atoms with van der Waals surface area (Å²) in [6.45, 7) is 5.90. The summed E-state index contributed by atoms with van der Waals surface area (Å²) in [6, 6.07) is 16.0. The van der Waals surface area contributed by atoms with Crippen molar-refractivity contribution in [2.24, 2.45) is 0 Å². The summed E-state index contributed by atoms with van der Waals surface area (Å²) in [4.78, 5) is 0. The Morgan fingerprint density at radius 1 is 1.24 bits per heavy atom. The number of hydrogen-bond donors (Lipinski definition) is 2. The average molecular weight is 284 g/mol. The molecule has 1 heterocycles. The number of hydrogen-bond acceptors (Lipinski definition) is 3. The van der Waals surface area contributed by atoms with Crippen molar-refractivity contribution in [2.75, 3.05) is 26.3 Å². The summed E-state index contributed by atoms with van der Waals surface area (Å²) in [5.41, 5.74) is 1.38. The Kier molecular flexibility index (Phi) is 4.86. The molecule has 2 unspecified atom stereocenters. The molecule has 1 aliphatic rings. The maximum atomic E-state index is 5.49. The minimum atomic E-state index is 0.362. The first kappa shape index (κ1) is 14.5. The molecule has 1 fully saturated rings. The molecule has 0 bridgehead atoms. The number of nitrogens with one attached hydrogen (secondary N) is 2. The highest BCUT2D eigenvalue weighted by Crippen LogP contribution is 2.23. The van der Waals surface area contributed by atoms with Gasteiger partial charge >= 0.3 is 0 Å². The predicted molar refractivity (Wildman–Crippen MR) is 87.6 cm³/mol. The van der Waals surface area contributed by atoms with E-state index < -0.39 is 0 Å². The Labute approximate surface area is 126 Å². The van der Waals surface area contributed by atoms with Crippen LogP contribution in [-0.4, -0.2) is 32.3 Å². The normalized spacial score (nSPS) is 20.5. The number of morpholine rings is 1. The Morgan fingerprint density at radius 3 is 2.95 bits per heavy atom. The van der Waals surface area contributed by atoms with E-state index in [1.54, 1.807) is 0 Å². The highest BCUT2D eigenvalue weighted by molar-refractivity contribution is 5.86. The summed E-state index contributed by atoms with van der Waals surface area (Å²) in [6.07, 6.45) is 1.11. The van der Waals surface area contributed by atoms with Crippen molar-refractivity contribution in [1.29, 1.82) is 0 Å². The first-order valence-electron chi connectivity index (χ1n) is 7.87. The molecule has 0 spiro atoms. The van der Waals surface area contributed by atoms with Gasteiger partial charge in [-0.2, -0.15) is 0 Å². The van der Waals surface area contributed by atoms with Crippen LogP contribution in [0.25, 0.3) is 10.8 Å². The summed E-state index contributed by atoms with van der Waals surface area (Å²) in [5.74, 6) is 0. The molecular weight excluding hydrogens is 260 g/mol. The number of benzene rings is 2. The van der Waals surface area contributed by atoms with Crippen LogP contribution in [0.4, 0.5) is 0 Å². The van der Waals surface area contributed by atoms with Gasteiger partial charge in [-0.1, -0.05) is 42.5 Å². The first-order valence-corrected chi connectivity index (χ1v) is 7.87. The molecule has 1 saturated heterocycles. The van der Waals surface area contributed by atoms with Gasteiger partial charge in [0.2, 0.25) is 0 Å². The van der Waals surface area contributed by atoms with Gasteiger partial charge in [0.1, 0.15) is 0 Å². The van der Waals surface area contributed by atoms with E-state index in [4.69, 9.17) is 4.74 Å². The van der Waals surface area contributed by atoms with Gasteiger partial charge in [0.05, 0.1) is 13.2 Å². The lowest BCUT2D eigenvalue weighted by Crippen LogP contribution is -2.42. The van der Waals surface area contributed by atoms with E-state index in [1.807, 2.05) is 0 Å². The standard InChI is InChI=1S/C18H24N2O/c1-14(19-10-9-16-13-21-12-11-20-16)17-8-4-6-15-5-2-3-7-18(15)17/h2-8,14,16,19-20H,9-13H2,1H3. The minimum Gasteiger partial charge on any atom is -0.379 e. The van der Waals surface area contributed by atoms with Gasteiger partial charge in [-0.15, -0.1) is 0 Å². The molecule has 2 aromatic rings. The predicted octanol–water partition coefficient (Wildman–Crippen LogP) is 2.87. The fourth-order valence-corrected chi connectivity index (χ4v) is 3.02. The number of rotatable bonds is 5. The van der Waals surface area contributed by atoms with Crippen LogP contribution in [0.3, 0.4) is 0 Å². The van der Waals surface area contributed by atoms with Crippen LogP contribution < -0.4 is 10.6 Å². The van der Waals surface area contributed by atoms with Crippen LogP contribution >= 0.6 is 0 Å². The maximum Gasteiger partial charge on any atom is 0.0620 e. The van der Waals surface area contributed by atoms with Gasteiger partial charge in [-0.05, 0) is 36.2 Å². The second-order valence-electron chi connectivity index (χ2n) is 5.76. The largest absolute Gasteiger partial charge is 0.379 e. The lowest BCUT2D eigenvalue weighted by molar-refractivity contribution is 0.0740. The van der Waals surface area contributed by atoms with E-state index >= 15 is 0 Å². The van der Waals surface area contributed by atoms with Gasteiger partial charge in [-0.25, -0.2) is 0 Å². The van der Waals surface area contributed by atoms with Crippen molar-refractivity contribution in [3.63, 3.8) is 0 Å². The third kappa shape index (κ3) is 3.62. The lowest BCUT2D eigenvalue weighted by atomic mass is 9.99. The molecule has 0 amide bonds. The smallest absolute Gasteiger partial charge is 0.0620 e. The Bertz CT molecular complexity index is 573. The first-order chi connectivity index (χ1) is 10.3. The second-order valence-corrected chi connectivity index (χ2v) is 5.76. The Morgan fingerprint density at radius 2 is 2.10 bits per heavy atom. The van der Waals surface area contributed by atoms with Crippen LogP contribution in [0.5, 0.6) is 0 Å². The molecule has 3 nitrogen and oxygen atoms in total. The molecule has 112 valence electrons. The van der Waals surface area contributed by atoms with Crippen LogP contribution in [0.1, 0.15) is 24.9 Å². The fraction of sp³-hybridized carbons (Fsp3) is 0.444. The van der Waals surface area contributed by atoms with Crippen LogP contribution in [0.15, 0.2) is 42.5 Å². The zero-order valence-electron chi connectivity index (χ0n) is 12.6. The van der Waals surface area contributed by atoms with Crippen molar-refractivity contribution < 1.29 is 4.74 Å². The fourth-order valence-electron chi connectivity index (χ4n) is 3.02. The highest BCUT2D eigenvalue weighted by Gasteiger charge is 2.13. The zero-order valence-corrected chi connectivity index (χ0v) is 12.6. The van der Waals surface area contributed by atoms with Crippen molar-refractivity contribution in [3.8, 4) is 0 Å². The molecular formula is C18H24N2O. The number of fused-ring (bicyclic) bond motifs is 1. The number of ether oxygens (including phenoxy) is 1. The monoisotopic (exact) mass is 284 g/mol. The van der Waals surface area contributed by atoms with Crippen LogP contribution in [0, 0.1) is 0 Å². The molecule has 0 aliphatic carbocycles. The van der Waals surface area contributed by atoms with Crippen molar-refractivity contribution >= 4 is 10.8 Å². The van der Waals surface area contributed by atoms with E-state index in [1.165, 1.54) is 16.3 Å². The molecule has 21 heavy (non-hydrogen) atoms. The molecule has 2 atom stereocenters. The summed E-state index contributed by atoms with van der Waals surface area (Å²) < 4.78 is 5.49. The summed E-state index contributed by atoms with van der Waals surface area (Å²) >= 11 is 0. The van der Waals surface area contributed by atoms with E-state index in [-0.39, 0.29) is 0 Å². The van der Waals surface area contributed by atoms with Gasteiger partial charge in [0.15, 0.2) is 0 Å². The molecule has 3 rings (SSSR count). The topological polar surface area (TPSA) is 33.3 Å². The van der Waals surface area contributed by atoms with Gasteiger partial charge in [0.25, 0.3) is 0 Å². The summed E-state index contributed by atoms with van der Waals surface area (Å²) in [5, 5.41) is 9.80. The maximum absolute atomic E-state index is 5.49. The van der Waals surface area contributed by atoms with E-state index in [2.05, 4.69) is 60.0 Å². The molecule has 1 aliphatic heterocycles. The lowest BCUT2D eigenvalue weighted by Gasteiger charge is -2.25. The third-order valence-electron chi connectivity index (χ3n) is 4.23. The van der Waals surface area contributed by atoms with E-state index in [0.29, 0.717) is 12.1 Å². The van der Waals surface area contributed by atoms with Crippen molar-refractivity contribution in [1.82, 2.24) is 10.6 Å². The van der Waals surface area contributed by atoms with E-state index in [9.17, 15) is 0 Å². The Hall–Kier alpha value is -1.42. The highest BCUT2D eigenvalue weighted by atomic mass is 16.5. The Balaban J connectivity index is 1.60. The quantitative estimate of drug-likeness (QED) is 0.886. The van der Waals surface area contributed by atoms with Crippen molar-refractivity contribution in [3.05, 3.63) is 48.0 Å². The zero-order chi connectivity index (χ0) is 14.5. The van der Waals surface area contributed by atoms with Gasteiger partial charge in [0, 0.05) is 18.6 Å². The van der Waals surface area contributed by atoms with Gasteiger partial charge in [-0.3, -0.25) is 0 Å². The summed E-state index contributed by atoms with van der Waals surface area (Å²) in [7, 11) is 0. The SMILES string of the molecule is CC(NCCC1COCCN1)c1cccc2ccccc12. The molecule has 2 N–H and O–H groups in total. The van der Waals surface area contributed by atoms with Gasteiger partial charge < -0.3 is 15.4 Å². The molecule has 0 radical (unpaired) electrons. The minimum absolute atomic E-state index is 0.362. The third-order valence-corrected chi connectivity index (χ3v) is 4.23. The molecule has 2 aromatic carbocycles. The second kappa shape index (κ2) is 7.03. The average Bonchev–Trinajstić information content (AvgIpc) is 2.55. The molecule has 0 saturated carbocycles. The van der Waals surface area contributed by atoms with Crippen LogP contribution in [0.2, 0.25) is 0 Å². The molecule has 3 heteroatoms. The van der Waals surface area contributed by atoms with E-state index in [0.717, 1.165) is 32.7 Å².